The summed E-state index contributed by atoms with van der Waals surface area (Å²) >= 11 is 5.82. The van der Waals surface area contributed by atoms with Crippen molar-refractivity contribution in [3.8, 4) is 5.75 Å². The van der Waals surface area contributed by atoms with Crippen molar-refractivity contribution in [2.45, 2.75) is 38.3 Å². The molecule has 5 nitrogen and oxygen atoms in total. The van der Waals surface area contributed by atoms with Gasteiger partial charge < -0.3 is 15.2 Å². The number of ether oxygens (including phenoxy) is 1. The van der Waals surface area contributed by atoms with E-state index in [0.29, 0.717) is 12.3 Å². The highest BCUT2D eigenvalue weighted by Crippen LogP contribution is 2.33. The number of carbonyl (C=O) groups is 2. The van der Waals surface area contributed by atoms with Crippen molar-refractivity contribution in [1.29, 1.82) is 0 Å². The lowest BCUT2D eigenvalue weighted by Gasteiger charge is -2.19. The molecule has 0 bridgehead atoms. The minimum atomic E-state index is -1.06. The van der Waals surface area contributed by atoms with Crippen molar-refractivity contribution in [3.63, 3.8) is 0 Å². The average Bonchev–Trinajstić information content (AvgIpc) is 3.24. The third-order valence-corrected chi connectivity index (χ3v) is 3.74. The number of hydrogen-bond donors (Lipinski definition) is 2. The van der Waals surface area contributed by atoms with Crippen LogP contribution in [0, 0.1) is 11.7 Å². The molecule has 2 atom stereocenters. The predicted molar refractivity (Wildman–Crippen MR) is 78.4 cm³/mol. The zero-order chi connectivity index (χ0) is 16.3. The molecule has 1 aromatic carbocycles. The molecule has 1 fully saturated rings. The van der Waals surface area contributed by atoms with Crippen molar-refractivity contribution in [3.05, 3.63) is 29.0 Å². The maximum absolute atomic E-state index is 12.9. The molecule has 1 amide bonds. The third-order valence-electron chi connectivity index (χ3n) is 3.45. The van der Waals surface area contributed by atoms with Crippen LogP contribution in [0.25, 0.3) is 0 Å². The zero-order valence-corrected chi connectivity index (χ0v) is 12.8. The summed E-state index contributed by atoms with van der Waals surface area (Å²) in [5, 5.41) is 11.6. The maximum atomic E-state index is 12.9. The number of hydrogen-bond acceptors (Lipinski definition) is 3. The van der Waals surface area contributed by atoms with E-state index in [4.69, 9.17) is 21.4 Å². The lowest BCUT2D eigenvalue weighted by molar-refractivity contribution is -0.143. The quantitative estimate of drug-likeness (QED) is 0.806. The Balaban J connectivity index is 1.94. The van der Waals surface area contributed by atoms with Crippen molar-refractivity contribution in [1.82, 2.24) is 5.32 Å². The standard InChI is InChI=1S/C15H17ClFNO4/c1-8(22-13-5-4-10(17)7-11(13)16)14(19)18-12(15(20)21)6-9-2-3-9/h4-5,7-9,12H,2-3,6H2,1H3,(H,18,19)(H,20,21). The Morgan fingerprint density at radius 3 is 2.73 bits per heavy atom. The van der Waals surface area contributed by atoms with Crippen LogP contribution < -0.4 is 10.1 Å². The van der Waals surface area contributed by atoms with E-state index in [0.717, 1.165) is 18.9 Å². The normalized spacial score (nSPS) is 16.7. The van der Waals surface area contributed by atoms with Crippen molar-refractivity contribution >= 4 is 23.5 Å². The molecule has 0 heterocycles. The second-order valence-electron chi connectivity index (χ2n) is 5.41. The van der Waals surface area contributed by atoms with E-state index in [1.54, 1.807) is 0 Å². The Morgan fingerprint density at radius 2 is 2.18 bits per heavy atom. The molecule has 1 aliphatic rings. The number of carbonyl (C=O) groups excluding carboxylic acids is 1. The first-order chi connectivity index (χ1) is 10.4. The molecule has 1 saturated carbocycles. The van der Waals surface area contributed by atoms with E-state index in [-0.39, 0.29) is 10.8 Å². The average molecular weight is 330 g/mol. The number of amides is 1. The summed E-state index contributed by atoms with van der Waals surface area (Å²) < 4.78 is 18.3. The number of aliphatic carboxylic acids is 1. The first kappa shape index (κ1) is 16.5. The first-order valence-electron chi connectivity index (χ1n) is 7.01. The van der Waals surface area contributed by atoms with Gasteiger partial charge in [-0.05, 0) is 37.5 Å². The molecule has 0 aliphatic heterocycles. The van der Waals surface area contributed by atoms with Gasteiger partial charge in [0.15, 0.2) is 6.10 Å². The Hall–Kier alpha value is -1.82. The highest BCUT2D eigenvalue weighted by Gasteiger charge is 2.31. The summed E-state index contributed by atoms with van der Waals surface area (Å²) in [6, 6.07) is 2.64. The van der Waals surface area contributed by atoms with Crippen LogP contribution >= 0.6 is 11.6 Å². The van der Waals surface area contributed by atoms with Crippen LogP contribution in [0.5, 0.6) is 5.75 Å². The maximum Gasteiger partial charge on any atom is 0.326 e. The summed E-state index contributed by atoms with van der Waals surface area (Å²) in [4.78, 5) is 23.2. The van der Waals surface area contributed by atoms with E-state index >= 15 is 0 Å². The van der Waals surface area contributed by atoms with Gasteiger partial charge >= 0.3 is 5.97 Å². The molecule has 2 rings (SSSR count). The number of halogens is 2. The van der Waals surface area contributed by atoms with Gasteiger partial charge in [0.1, 0.15) is 17.6 Å². The second-order valence-corrected chi connectivity index (χ2v) is 5.82. The van der Waals surface area contributed by atoms with Gasteiger partial charge in [0.2, 0.25) is 0 Å². The minimum Gasteiger partial charge on any atom is -0.480 e. The lowest BCUT2D eigenvalue weighted by atomic mass is 10.1. The summed E-state index contributed by atoms with van der Waals surface area (Å²) in [6.07, 6.45) is 1.47. The molecular weight excluding hydrogens is 313 g/mol. The van der Waals surface area contributed by atoms with Gasteiger partial charge in [0, 0.05) is 0 Å². The fourth-order valence-corrected chi connectivity index (χ4v) is 2.22. The first-order valence-corrected chi connectivity index (χ1v) is 7.39. The predicted octanol–water partition coefficient (Wildman–Crippen LogP) is 2.62. The molecule has 1 aromatic rings. The highest BCUT2D eigenvalue weighted by atomic mass is 35.5. The molecule has 2 unspecified atom stereocenters. The number of rotatable bonds is 7. The van der Waals surface area contributed by atoms with Gasteiger partial charge in [0.25, 0.3) is 5.91 Å². The van der Waals surface area contributed by atoms with E-state index in [1.807, 2.05) is 0 Å². The highest BCUT2D eigenvalue weighted by molar-refractivity contribution is 6.32. The molecule has 0 spiro atoms. The molecule has 0 saturated heterocycles. The fraction of sp³-hybridized carbons (Fsp3) is 0.467. The monoisotopic (exact) mass is 329 g/mol. The van der Waals surface area contributed by atoms with Crippen LogP contribution in [0.3, 0.4) is 0 Å². The Morgan fingerprint density at radius 1 is 1.50 bits per heavy atom. The van der Waals surface area contributed by atoms with Gasteiger partial charge in [-0.2, -0.15) is 0 Å². The Kier molecular flexibility index (Phi) is 5.24. The largest absolute Gasteiger partial charge is 0.480 e. The van der Waals surface area contributed by atoms with Crippen LogP contribution in [-0.4, -0.2) is 29.1 Å². The topological polar surface area (TPSA) is 75.6 Å². The van der Waals surface area contributed by atoms with Crippen molar-refractivity contribution in [2.24, 2.45) is 5.92 Å². The van der Waals surface area contributed by atoms with Crippen molar-refractivity contribution in [2.75, 3.05) is 0 Å². The SMILES string of the molecule is CC(Oc1ccc(F)cc1Cl)C(=O)NC(CC1CC1)C(=O)O. The minimum absolute atomic E-state index is 0.0485. The van der Waals surface area contributed by atoms with E-state index in [9.17, 15) is 14.0 Å². The lowest BCUT2D eigenvalue weighted by Crippen LogP contribution is -2.46. The molecule has 2 N–H and O–H groups in total. The van der Waals surface area contributed by atoms with Crippen molar-refractivity contribution < 1.29 is 23.8 Å². The summed E-state index contributed by atoms with van der Waals surface area (Å²) in [7, 11) is 0. The number of carboxylic acids is 1. The van der Waals surface area contributed by atoms with Crippen LogP contribution in [0.15, 0.2) is 18.2 Å². The summed E-state index contributed by atoms with van der Waals surface area (Å²) in [5.74, 6) is -1.59. The van der Waals surface area contributed by atoms with Gasteiger partial charge in [-0.1, -0.05) is 24.4 Å². The van der Waals surface area contributed by atoms with Crippen LogP contribution in [0.1, 0.15) is 26.2 Å². The van der Waals surface area contributed by atoms with Crippen LogP contribution in [0.2, 0.25) is 5.02 Å². The number of carboxylic acid groups (broad SMARTS) is 1. The number of benzene rings is 1. The molecular formula is C15H17ClFNO4. The second kappa shape index (κ2) is 6.96. The summed E-state index contributed by atoms with van der Waals surface area (Å²) in [6.45, 7) is 1.48. The molecule has 1 aliphatic carbocycles. The number of nitrogens with one attached hydrogen (secondary N) is 1. The van der Waals surface area contributed by atoms with E-state index in [1.165, 1.54) is 19.1 Å². The Bertz CT molecular complexity index is 577. The smallest absolute Gasteiger partial charge is 0.326 e. The third kappa shape index (κ3) is 4.59. The van der Waals surface area contributed by atoms with Gasteiger partial charge in [0.05, 0.1) is 5.02 Å². The summed E-state index contributed by atoms with van der Waals surface area (Å²) in [5.41, 5.74) is 0. The van der Waals surface area contributed by atoms with E-state index in [2.05, 4.69) is 5.32 Å². The molecule has 7 heteroatoms. The Labute approximate surface area is 132 Å². The van der Waals surface area contributed by atoms with Crippen LogP contribution in [0.4, 0.5) is 4.39 Å². The van der Waals surface area contributed by atoms with Gasteiger partial charge in [-0.25, -0.2) is 9.18 Å². The molecule has 0 radical (unpaired) electrons. The molecule has 0 aromatic heterocycles. The van der Waals surface area contributed by atoms with Gasteiger partial charge in [-0.3, -0.25) is 4.79 Å². The molecule has 22 heavy (non-hydrogen) atoms. The van der Waals surface area contributed by atoms with E-state index < -0.39 is 29.8 Å². The van der Waals surface area contributed by atoms with Gasteiger partial charge in [-0.15, -0.1) is 0 Å². The van der Waals surface area contributed by atoms with Crippen LogP contribution in [-0.2, 0) is 9.59 Å². The fourth-order valence-electron chi connectivity index (χ4n) is 2.01. The molecule has 120 valence electrons. The zero-order valence-electron chi connectivity index (χ0n) is 12.0.